The highest BCUT2D eigenvalue weighted by Gasteiger charge is 2.20. The van der Waals surface area contributed by atoms with Gasteiger partial charge < -0.3 is 24.3 Å². The predicted molar refractivity (Wildman–Crippen MR) is 133 cm³/mol. The van der Waals surface area contributed by atoms with Crippen molar-refractivity contribution in [3.63, 3.8) is 0 Å². The number of anilines is 2. The van der Waals surface area contributed by atoms with Crippen LogP contribution < -0.4 is 24.2 Å². The summed E-state index contributed by atoms with van der Waals surface area (Å²) in [6.07, 6.45) is 0. The van der Waals surface area contributed by atoms with Crippen molar-refractivity contribution in [1.29, 1.82) is 0 Å². The molecule has 37 heavy (non-hydrogen) atoms. The number of esters is 1. The summed E-state index contributed by atoms with van der Waals surface area (Å²) < 4.78 is 61.5. The van der Waals surface area contributed by atoms with Crippen LogP contribution in [-0.2, 0) is 19.6 Å². The fraction of sp³-hybridized carbons (Fsp3) is 0.200. The molecule has 0 aliphatic heterocycles. The third kappa shape index (κ3) is 6.67. The molecule has 0 saturated heterocycles. The van der Waals surface area contributed by atoms with Gasteiger partial charge in [0.25, 0.3) is 15.9 Å². The number of nitrogens with one attached hydrogen (secondary N) is 2. The number of benzene rings is 3. The molecule has 3 aromatic rings. The van der Waals surface area contributed by atoms with Gasteiger partial charge in [-0.15, -0.1) is 0 Å². The van der Waals surface area contributed by atoms with E-state index in [2.05, 4.69) is 10.0 Å². The first-order chi connectivity index (χ1) is 17.6. The molecular weight excluding hydrogens is 507 g/mol. The van der Waals surface area contributed by atoms with E-state index in [1.807, 2.05) is 0 Å². The van der Waals surface area contributed by atoms with Gasteiger partial charge >= 0.3 is 5.97 Å². The van der Waals surface area contributed by atoms with Gasteiger partial charge in [0.05, 0.1) is 37.5 Å². The highest BCUT2D eigenvalue weighted by Crippen LogP contribution is 2.34. The zero-order chi connectivity index (χ0) is 27.2. The maximum Gasteiger partial charge on any atom is 0.340 e. The van der Waals surface area contributed by atoms with Crippen molar-refractivity contribution in [2.45, 2.75) is 11.8 Å². The number of amides is 1. The lowest BCUT2D eigenvalue weighted by Gasteiger charge is -2.15. The zero-order valence-electron chi connectivity index (χ0n) is 20.5. The van der Waals surface area contributed by atoms with Crippen LogP contribution in [0.3, 0.4) is 0 Å². The summed E-state index contributed by atoms with van der Waals surface area (Å²) in [6, 6.07) is 11.8. The maximum atomic E-state index is 13.1. The average molecular weight is 533 g/mol. The number of sulfonamides is 1. The smallest absolute Gasteiger partial charge is 0.340 e. The third-order valence-electron chi connectivity index (χ3n) is 5.12. The van der Waals surface area contributed by atoms with Crippen LogP contribution in [0.1, 0.15) is 15.9 Å². The van der Waals surface area contributed by atoms with Crippen molar-refractivity contribution in [2.24, 2.45) is 0 Å². The number of hydrogen-bond acceptors (Lipinski definition) is 8. The second-order valence-corrected chi connectivity index (χ2v) is 9.30. The van der Waals surface area contributed by atoms with E-state index in [4.69, 9.17) is 18.9 Å². The summed E-state index contributed by atoms with van der Waals surface area (Å²) in [7, 11) is 0.0799. The Morgan fingerprint density at radius 3 is 2.14 bits per heavy atom. The number of ether oxygens (including phenoxy) is 4. The fourth-order valence-corrected chi connectivity index (χ4v) is 4.42. The molecule has 0 bridgehead atoms. The zero-order valence-corrected chi connectivity index (χ0v) is 21.3. The van der Waals surface area contributed by atoms with Crippen LogP contribution in [0.2, 0.25) is 0 Å². The van der Waals surface area contributed by atoms with E-state index in [0.717, 1.165) is 12.1 Å². The molecule has 0 spiro atoms. The number of hydrogen-bond donors (Lipinski definition) is 2. The van der Waals surface area contributed by atoms with Crippen molar-refractivity contribution in [1.82, 2.24) is 0 Å². The lowest BCUT2D eigenvalue weighted by Crippen LogP contribution is -2.22. The second-order valence-electron chi connectivity index (χ2n) is 7.62. The molecular formula is C25H25FN2O8S. The molecule has 0 fully saturated rings. The van der Waals surface area contributed by atoms with Gasteiger partial charge in [-0.1, -0.05) is 0 Å². The van der Waals surface area contributed by atoms with Crippen LogP contribution in [0.15, 0.2) is 59.5 Å². The first-order valence-corrected chi connectivity index (χ1v) is 12.2. The van der Waals surface area contributed by atoms with Crippen molar-refractivity contribution in [3.8, 4) is 17.2 Å². The van der Waals surface area contributed by atoms with Gasteiger partial charge in [-0.05, 0) is 55.0 Å². The van der Waals surface area contributed by atoms with Crippen LogP contribution in [0.5, 0.6) is 17.2 Å². The Morgan fingerprint density at radius 2 is 1.54 bits per heavy atom. The molecule has 12 heteroatoms. The van der Waals surface area contributed by atoms with Gasteiger partial charge in [0.1, 0.15) is 11.6 Å². The minimum Gasteiger partial charge on any atom is -0.493 e. The molecule has 0 atom stereocenters. The molecule has 0 unspecified atom stereocenters. The van der Waals surface area contributed by atoms with Crippen LogP contribution in [0.4, 0.5) is 15.8 Å². The summed E-state index contributed by atoms with van der Waals surface area (Å²) in [6.45, 7) is 1.18. The lowest BCUT2D eigenvalue weighted by atomic mass is 10.1. The van der Waals surface area contributed by atoms with Gasteiger partial charge in [0.15, 0.2) is 18.1 Å². The van der Waals surface area contributed by atoms with Crippen molar-refractivity contribution < 1.29 is 41.3 Å². The van der Waals surface area contributed by atoms with Gasteiger partial charge in [0.2, 0.25) is 0 Å². The monoisotopic (exact) mass is 532 g/mol. The molecule has 0 aromatic heterocycles. The molecule has 1 amide bonds. The Morgan fingerprint density at radius 1 is 0.892 bits per heavy atom. The number of halogens is 1. The van der Waals surface area contributed by atoms with E-state index < -0.39 is 34.3 Å². The largest absolute Gasteiger partial charge is 0.493 e. The molecule has 0 aliphatic rings. The molecule has 2 N–H and O–H groups in total. The standard InChI is InChI=1S/C25H25FN2O8S/c1-15-11-18(37(31,32)28-17-7-5-16(26)6-8-17)9-10-21(15)36-14-24(29)27-20-13-23(34-3)22(33-2)12-19(20)25(30)35-4/h5-13,28H,14H2,1-4H3,(H,27,29). The Bertz CT molecular complexity index is 1410. The van der Waals surface area contributed by atoms with Gasteiger partial charge in [-0.3, -0.25) is 9.52 Å². The minimum absolute atomic E-state index is 0.0424. The third-order valence-corrected chi connectivity index (χ3v) is 6.49. The quantitative estimate of drug-likeness (QED) is 0.378. The van der Waals surface area contributed by atoms with E-state index in [-0.39, 0.29) is 39.1 Å². The van der Waals surface area contributed by atoms with Crippen molar-refractivity contribution in [2.75, 3.05) is 38.0 Å². The number of aryl methyl sites for hydroxylation is 1. The Hall–Kier alpha value is -4.32. The van der Waals surface area contributed by atoms with Crippen LogP contribution in [0, 0.1) is 12.7 Å². The lowest BCUT2D eigenvalue weighted by molar-refractivity contribution is -0.118. The SMILES string of the molecule is COC(=O)c1cc(OC)c(OC)cc1NC(=O)COc1ccc(S(=O)(=O)Nc2ccc(F)cc2)cc1C. The van der Waals surface area contributed by atoms with Crippen molar-refractivity contribution in [3.05, 3.63) is 71.5 Å². The van der Waals surface area contributed by atoms with Crippen LogP contribution in [-0.4, -0.2) is 48.2 Å². The normalized spacial score (nSPS) is 10.8. The fourth-order valence-electron chi connectivity index (χ4n) is 3.27. The highest BCUT2D eigenvalue weighted by atomic mass is 32.2. The van der Waals surface area contributed by atoms with Crippen molar-refractivity contribution >= 4 is 33.3 Å². The molecule has 196 valence electrons. The second kappa shape index (κ2) is 11.6. The topological polar surface area (TPSA) is 129 Å². The van der Waals surface area contributed by atoms with Crippen LogP contribution >= 0.6 is 0 Å². The molecule has 3 aromatic carbocycles. The van der Waals surface area contributed by atoms with Crippen LogP contribution in [0.25, 0.3) is 0 Å². The molecule has 10 nitrogen and oxygen atoms in total. The Balaban J connectivity index is 1.71. The highest BCUT2D eigenvalue weighted by molar-refractivity contribution is 7.92. The maximum absolute atomic E-state index is 13.1. The summed E-state index contributed by atoms with van der Waals surface area (Å²) in [5.41, 5.74) is 0.838. The Kier molecular flexibility index (Phi) is 8.56. The average Bonchev–Trinajstić information content (AvgIpc) is 2.88. The van der Waals surface area contributed by atoms with E-state index in [0.29, 0.717) is 5.56 Å². The molecule has 3 rings (SSSR count). The summed E-state index contributed by atoms with van der Waals surface area (Å²) in [5.74, 6) is -0.941. The number of carbonyl (C=O) groups is 2. The molecule has 0 saturated carbocycles. The van der Waals surface area contributed by atoms with E-state index in [1.165, 1.54) is 63.8 Å². The molecule has 0 aliphatic carbocycles. The van der Waals surface area contributed by atoms with E-state index >= 15 is 0 Å². The first-order valence-electron chi connectivity index (χ1n) is 10.7. The summed E-state index contributed by atoms with van der Waals surface area (Å²) in [5, 5.41) is 2.58. The minimum atomic E-state index is -3.94. The number of carbonyl (C=O) groups excluding carboxylic acids is 2. The van der Waals surface area contributed by atoms with E-state index in [9.17, 15) is 22.4 Å². The summed E-state index contributed by atoms with van der Waals surface area (Å²) in [4.78, 5) is 24.7. The first kappa shape index (κ1) is 27.3. The number of rotatable bonds is 10. The molecule has 0 radical (unpaired) electrons. The van der Waals surface area contributed by atoms with Gasteiger partial charge in [-0.2, -0.15) is 0 Å². The molecule has 0 heterocycles. The van der Waals surface area contributed by atoms with Gasteiger partial charge in [-0.25, -0.2) is 17.6 Å². The predicted octanol–water partition coefficient (Wildman–Crippen LogP) is 3.76. The summed E-state index contributed by atoms with van der Waals surface area (Å²) >= 11 is 0. The number of methoxy groups -OCH3 is 3. The van der Waals surface area contributed by atoms with E-state index in [1.54, 1.807) is 6.92 Å². The Labute approximate surface area is 213 Å². The van der Waals surface area contributed by atoms with Gasteiger partial charge in [0, 0.05) is 17.8 Å².